The molecule has 0 spiro atoms. The fraction of sp³-hybridized carbons (Fsp3) is 0.647. The Morgan fingerprint density at radius 2 is 1.57 bits per heavy atom. The first-order valence-electron chi connectivity index (χ1n) is 7.81. The van der Waals surface area contributed by atoms with Gasteiger partial charge >= 0.3 is 0 Å². The summed E-state index contributed by atoms with van der Waals surface area (Å²) in [7, 11) is 0. The highest BCUT2D eigenvalue weighted by molar-refractivity contribution is 5.19. The molecular formula is C17H22F2O2. The maximum atomic E-state index is 13.3. The molecule has 1 aliphatic carbocycles. The van der Waals surface area contributed by atoms with Crippen LogP contribution in [0.2, 0.25) is 0 Å². The fourth-order valence-electron chi connectivity index (χ4n) is 3.40. The van der Waals surface area contributed by atoms with Crippen LogP contribution in [0.25, 0.3) is 0 Å². The second-order valence-corrected chi connectivity index (χ2v) is 6.45. The van der Waals surface area contributed by atoms with E-state index in [0.717, 1.165) is 18.1 Å². The summed E-state index contributed by atoms with van der Waals surface area (Å²) in [5.74, 6) is 0.236. The molecule has 1 aromatic carbocycles. The number of rotatable bonds is 2. The second kappa shape index (κ2) is 6.41. The molecule has 21 heavy (non-hydrogen) atoms. The molecule has 2 fully saturated rings. The van der Waals surface area contributed by atoms with Crippen LogP contribution in [0.4, 0.5) is 8.78 Å². The summed E-state index contributed by atoms with van der Waals surface area (Å²) in [6, 6.07) is 3.79. The molecule has 0 amide bonds. The molecule has 1 saturated carbocycles. The van der Waals surface area contributed by atoms with Crippen LogP contribution in [0, 0.1) is 29.4 Å². The Bertz CT molecular complexity index is 476. The van der Waals surface area contributed by atoms with Crippen LogP contribution in [0.1, 0.15) is 44.5 Å². The van der Waals surface area contributed by atoms with Crippen LogP contribution in [-0.2, 0) is 9.47 Å². The van der Waals surface area contributed by atoms with Crippen molar-refractivity contribution in [2.45, 2.75) is 38.9 Å². The molecule has 4 heteroatoms. The zero-order valence-electron chi connectivity index (χ0n) is 12.4. The van der Waals surface area contributed by atoms with Crippen LogP contribution in [-0.4, -0.2) is 13.2 Å². The number of ether oxygens (including phenoxy) is 2. The summed E-state index contributed by atoms with van der Waals surface area (Å²) < 4.78 is 37.7. The summed E-state index contributed by atoms with van der Waals surface area (Å²) in [6.07, 6.45) is 4.49. The van der Waals surface area contributed by atoms with E-state index < -0.39 is 17.9 Å². The van der Waals surface area contributed by atoms with E-state index in [2.05, 4.69) is 6.92 Å². The summed E-state index contributed by atoms with van der Waals surface area (Å²) in [6.45, 7) is 3.59. The fourth-order valence-corrected chi connectivity index (χ4v) is 3.40. The van der Waals surface area contributed by atoms with Gasteiger partial charge in [0.05, 0.1) is 13.2 Å². The Morgan fingerprint density at radius 1 is 0.905 bits per heavy atom. The van der Waals surface area contributed by atoms with Gasteiger partial charge in [-0.2, -0.15) is 0 Å². The molecule has 1 aliphatic heterocycles. The number of halogens is 2. The minimum atomic E-state index is -0.858. The third-order valence-electron chi connectivity index (χ3n) is 4.87. The Kier molecular flexibility index (Phi) is 4.55. The van der Waals surface area contributed by atoms with Crippen molar-refractivity contribution in [3.8, 4) is 0 Å². The van der Waals surface area contributed by atoms with Crippen LogP contribution in [0.15, 0.2) is 18.2 Å². The summed E-state index contributed by atoms with van der Waals surface area (Å²) in [5.41, 5.74) is 0.546. The molecule has 116 valence electrons. The largest absolute Gasteiger partial charge is 0.348 e. The standard InChI is InChI=1S/C17H22F2O2/c1-11-2-4-12(5-3-11)14-9-20-17(21-10-14)13-6-7-15(18)16(19)8-13/h6-8,11-12,14,17H,2-5,9-10H2,1H3. The molecule has 0 radical (unpaired) electrons. The average molecular weight is 296 g/mol. The highest BCUT2D eigenvalue weighted by atomic mass is 19.2. The van der Waals surface area contributed by atoms with Crippen molar-refractivity contribution in [3.05, 3.63) is 35.4 Å². The topological polar surface area (TPSA) is 18.5 Å². The van der Waals surface area contributed by atoms with Gasteiger partial charge in [0.1, 0.15) is 0 Å². The monoisotopic (exact) mass is 296 g/mol. The Labute approximate surface area is 124 Å². The molecule has 0 bridgehead atoms. The van der Waals surface area contributed by atoms with Gasteiger partial charge in [-0.05, 0) is 36.8 Å². The number of benzene rings is 1. The lowest BCUT2D eigenvalue weighted by molar-refractivity contribution is -0.214. The molecular weight excluding hydrogens is 274 g/mol. The van der Waals surface area contributed by atoms with Crippen LogP contribution >= 0.6 is 0 Å². The molecule has 1 saturated heterocycles. The molecule has 1 heterocycles. The van der Waals surface area contributed by atoms with Gasteiger partial charge in [0.15, 0.2) is 17.9 Å². The molecule has 3 rings (SSSR count). The smallest absolute Gasteiger partial charge is 0.183 e. The van der Waals surface area contributed by atoms with Crippen molar-refractivity contribution in [2.75, 3.05) is 13.2 Å². The molecule has 1 aromatic rings. The zero-order chi connectivity index (χ0) is 14.8. The van der Waals surface area contributed by atoms with Gasteiger partial charge in [-0.15, -0.1) is 0 Å². The zero-order valence-corrected chi connectivity index (χ0v) is 12.4. The summed E-state index contributed by atoms with van der Waals surface area (Å²) in [4.78, 5) is 0. The van der Waals surface area contributed by atoms with Gasteiger partial charge in [-0.1, -0.05) is 25.8 Å². The normalized spacial score (nSPS) is 33.9. The van der Waals surface area contributed by atoms with Crippen molar-refractivity contribution in [3.63, 3.8) is 0 Å². The lowest BCUT2D eigenvalue weighted by Crippen LogP contribution is -2.34. The number of hydrogen-bond acceptors (Lipinski definition) is 2. The SMILES string of the molecule is CC1CCC(C2COC(c3ccc(F)c(F)c3)OC2)CC1. The minimum Gasteiger partial charge on any atom is -0.348 e. The second-order valence-electron chi connectivity index (χ2n) is 6.45. The highest BCUT2D eigenvalue weighted by Crippen LogP contribution is 2.37. The minimum absolute atomic E-state index is 0.430. The van der Waals surface area contributed by atoms with Gasteiger partial charge in [-0.3, -0.25) is 0 Å². The molecule has 0 aromatic heterocycles. The quantitative estimate of drug-likeness (QED) is 0.802. The van der Waals surface area contributed by atoms with Gasteiger partial charge < -0.3 is 9.47 Å². The number of hydrogen-bond donors (Lipinski definition) is 0. The molecule has 0 unspecified atom stereocenters. The highest BCUT2D eigenvalue weighted by Gasteiger charge is 2.31. The van der Waals surface area contributed by atoms with Crippen LogP contribution < -0.4 is 0 Å². The lowest BCUT2D eigenvalue weighted by atomic mass is 9.76. The van der Waals surface area contributed by atoms with E-state index in [1.54, 1.807) is 0 Å². The van der Waals surface area contributed by atoms with Crippen molar-refractivity contribution < 1.29 is 18.3 Å². The first kappa shape index (κ1) is 14.9. The third-order valence-corrected chi connectivity index (χ3v) is 4.87. The first-order valence-corrected chi connectivity index (χ1v) is 7.81. The summed E-state index contributed by atoms with van der Waals surface area (Å²) >= 11 is 0. The maximum absolute atomic E-state index is 13.3. The van der Waals surface area contributed by atoms with Gasteiger partial charge in [0.2, 0.25) is 0 Å². The Morgan fingerprint density at radius 3 is 2.19 bits per heavy atom. The van der Waals surface area contributed by atoms with Crippen LogP contribution in [0.3, 0.4) is 0 Å². The van der Waals surface area contributed by atoms with E-state index in [-0.39, 0.29) is 0 Å². The van der Waals surface area contributed by atoms with E-state index in [4.69, 9.17) is 9.47 Å². The van der Waals surface area contributed by atoms with Crippen LogP contribution in [0.5, 0.6) is 0 Å². The maximum Gasteiger partial charge on any atom is 0.183 e. The third kappa shape index (κ3) is 3.43. The predicted octanol–water partition coefficient (Wildman–Crippen LogP) is 4.45. The molecule has 2 aliphatic rings. The predicted molar refractivity (Wildman–Crippen MR) is 75.6 cm³/mol. The van der Waals surface area contributed by atoms with Gasteiger partial charge in [0.25, 0.3) is 0 Å². The van der Waals surface area contributed by atoms with E-state index in [1.165, 1.54) is 31.7 Å². The Hall–Kier alpha value is -1.00. The van der Waals surface area contributed by atoms with E-state index >= 15 is 0 Å². The van der Waals surface area contributed by atoms with Gasteiger partial charge in [0, 0.05) is 11.5 Å². The lowest BCUT2D eigenvalue weighted by Gasteiger charge is -2.37. The molecule has 2 nitrogen and oxygen atoms in total. The average Bonchev–Trinajstić information content (AvgIpc) is 2.51. The summed E-state index contributed by atoms with van der Waals surface area (Å²) in [5, 5.41) is 0. The van der Waals surface area contributed by atoms with Crippen molar-refractivity contribution in [1.82, 2.24) is 0 Å². The van der Waals surface area contributed by atoms with Crippen molar-refractivity contribution >= 4 is 0 Å². The van der Waals surface area contributed by atoms with Crippen molar-refractivity contribution in [1.29, 1.82) is 0 Å². The molecule has 0 N–H and O–H groups in total. The van der Waals surface area contributed by atoms with Crippen molar-refractivity contribution in [2.24, 2.45) is 17.8 Å². The Balaban J connectivity index is 1.56. The molecule has 0 atom stereocenters. The first-order chi connectivity index (χ1) is 10.1. The van der Waals surface area contributed by atoms with E-state index in [0.29, 0.717) is 30.6 Å². The van der Waals surface area contributed by atoms with Gasteiger partial charge in [-0.25, -0.2) is 8.78 Å². The van der Waals surface area contributed by atoms with E-state index in [9.17, 15) is 8.78 Å². The van der Waals surface area contributed by atoms with E-state index in [1.807, 2.05) is 0 Å².